The predicted molar refractivity (Wildman–Crippen MR) is 69.0 cm³/mol. The minimum absolute atomic E-state index is 0.0389. The second-order valence-electron chi connectivity index (χ2n) is 5.80. The molecule has 1 aliphatic rings. The number of carboxylic acids is 1. The summed E-state index contributed by atoms with van der Waals surface area (Å²) in [5.74, 6) is -1.02. The van der Waals surface area contributed by atoms with E-state index in [0.29, 0.717) is 19.6 Å². The minimum Gasteiger partial charge on any atom is -0.479 e. The molecule has 0 bridgehead atoms. The largest absolute Gasteiger partial charge is 0.479 e. The van der Waals surface area contributed by atoms with E-state index >= 15 is 0 Å². The van der Waals surface area contributed by atoms with Gasteiger partial charge in [0, 0.05) is 19.6 Å². The maximum atomic E-state index is 11.9. The average molecular weight is 273 g/mol. The number of likely N-dealkylation sites (tertiary alicyclic amines) is 1. The number of rotatable bonds is 4. The molecule has 1 unspecified atom stereocenters. The molecule has 1 atom stereocenters. The quantitative estimate of drug-likeness (QED) is 0.846. The van der Waals surface area contributed by atoms with E-state index in [9.17, 15) is 14.7 Å². The fourth-order valence-electron chi connectivity index (χ4n) is 1.92. The number of hydrogen-bond donors (Lipinski definition) is 1. The van der Waals surface area contributed by atoms with Crippen molar-refractivity contribution >= 4 is 12.1 Å². The molecule has 0 radical (unpaired) electrons. The van der Waals surface area contributed by atoms with Crippen LogP contribution < -0.4 is 0 Å². The fraction of sp³-hybridized carbons (Fsp3) is 0.846. The second-order valence-corrected chi connectivity index (χ2v) is 5.80. The first kappa shape index (κ1) is 15.8. The first-order chi connectivity index (χ1) is 8.70. The summed E-state index contributed by atoms with van der Waals surface area (Å²) < 4.78 is 10.7. The lowest BCUT2D eigenvalue weighted by Gasteiger charge is -2.27. The highest BCUT2D eigenvalue weighted by Gasteiger charge is 2.48. The van der Waals surface area contributed by atoms with Gasteiger partial charge in [0.25, 0.3) is 0 Å². The smallest absolute Gasteiger partial charge is 0.410 e. The second kappa shape index (κ2) is 5.77. The molecule has 110 valence electrons. The molecule has 1 saturated heterocycles. The van der Waals surface area contributed by atoms with Crippen molar-refractivity contribution in [1.29, 1.82) is 0 Å². The third-order valence-corrected chi connectivity index (χ3v) is 2.86. The normalized spacial score (nSPS) is 23.5. The van der Waals surface area contributed by atoms with Crippen LogP contribution in [0.2, 0.25) is 0 Å². The standard InChI is InChI=1S/C13H23NO5/c1-5-8-18-13(10(15)16)6-7-14(9-13)11(17)19-12(2,3)4/h5-9H2,1-4H3,(H,15,16). The Bertz CT molecular complexity index is 349. The van der Waals surface area contributed by atoms with Crippen molar-refractivity contribution in [3.8, 4) is 0 Å². The number of ether oxygens (including phenoxy) is 2. The lowest BCUT2D eigenvalue weighted by atomic mass is 10.0. The number of hydrogen-bond acceptors (Lipinski definition) is 4. The van der Waals surface area contributed by atoms with Gasteiger partial charge in [0.1, 0.15) is 5.60 Å². The number of carboxylic acid groups (broad SMARTS) is 1. The molecule has 19 heavy (non-hydrogen) atoms. The lowest BCUT2D eigenvalue weighted by molar-refractivity contribution is -0.164. The van der Waals surface area contributed by atoms with E-state index in [0.717, 1.165) is 6.42 Å². The third-order valence-electron chi connectivity index (χ3n) is 2.86. The third kappa shape index (κ3) is 4.09. The predicted octanol–water partition coefficient (Wildman–Crippen LogP) is 1.88. The van der Waals surface area contributed by atoms with Crippen molar-refractivity contribution in [1.82, 2.24) is 4.90 Å². The van der Waals surface area contributed by atoms with Gasteiger partial charge in [-0.1, -0.05) is 6.92 Å². The molecule has 1 fully saturated rings. The zero-order valence-electron chi connectivity index (χ0n) is 12.1. The Hall–Kier alpha value is -1.30. The van der Waals surface area contributed by atoms with E-state index in [1.165, 1.54) is 4.90 Å². The van der Waals surface area contributed by atoms with Crippen LogP contribution in [0.5, 0.6) is 0 Å². The molecule has 1 aliphatic heterocycles. The van der Waals surface area contributed by atoms with Crippen LogP contribution >= 0.6 is 0 Å². The summed E-state index contributed by atoms with van der Waals surface area (Å²) in [5.41, 5.74) is -1.87. The fourth-order valence-corrected chi connectivity index (χ4v) is 1.92. The molecule has 0 spiro atoms. The molecule has 0 aromatic rings. The van der Waals surface area contributed by atoms with Crippen LogP contribution in [0.4, 0.5) is 4.79 Å². The highest BCUT2D eigenvalue weighted by atomic mass is 16.6. The van der Waals surface area contributed by atoms with Crippen LogP contribution in [-0.2, 0) is 14.3 Å². The highest BCUT2D eigenvalue weighted by Crippen LogP contribution is 2.27. The van der Waals surface area contributed by atoms with Crippen molar-refractivity contribution in [2.45, 2.75) is 51.7 Å². The summed E-state index contributed by atoms with van der Waals surface area (Å²) in [7, 11) is 0. The summed E-state index contributed by atoms with van der Waals surface area (Å²) in [4.78, 5) is 24.7. The van der Waals surface area contributed by atoms with Gasteiger partial charge < -0.3 is 19.5 Å². The number of aliphatic carboxylic acids is 1. The Morgan fingerprint density at radius 2 is 2.00 bits per heavy atom. The first-order valence-corrected chi connectivity index (χ1v) is 6.55. The van der Waals surface area contributed by atoms with Crippen molar-refractivity contribution in [2.24, 2.45) is 0 Å². The Balaban J connectivity index is 2.68. The van der Waals surface area contributed by atoms with Crippen LogP contribution in [-0.4, -0.2) is 53.0 Å². The Labute approximate surface area is 113 Å². The van der Waals surface area contributed by atoms with Crippen LogP contribution in [0.3, 0.4) is 0 Å². The maximum absolute atomic E-state index is 11.9. The minimum atomic E-state index is -1.28. The molecule has 0 aromatic carbocycles. The van der Waals surface area contributed by atoms with Crippen molar-refractivity contribution in [3.05, 3.63) is 0 Å². The van der Waals surface area contributed by atoms with E-state index in [2.05, 4.69) is 0 Å². The summed E-state index contributed by atoms with van der Waals surface area (Å²) in [6, 6.07) is 0. The molecular weight excluding hydrogens is 250 g/mol. The number of amides is 1. The molecular formula is C13H23NO5. The highest BCUT2D eigenvalue weighted by molar-refractivity contribution is 5.80. The summed E-state index contributed by atoms with van der Waals surface area (Å²) in [6.07, 6.45) is 0.541. The van der Waals surface area contributed by atoms with E-state index in [-0.39, 0.29) is 6.54 Å². The Morgan fingerprint density at radius 1 is 1.37 bits per heavy atom. The number of nitrogens with zero attached hydrogens (tertiary/aromatic N) is 1. The van der Waals surface area contributed by atoms with Gasteiger partial charge in [-0.15, -0.1) is 0 Å². The maximum Gasteiger partial charge on any atom is 0.410 e. The Kier molecular flexibility index (Phi) is 4.79. The van der Waals surface area contributed by atoms with Crippen LogP contribution in [0.25, 0.3) is 0 Å². The number of carbonyl (C=O) groups excluding carboxylic acids is 1. The average Bonchev–Trinajstić information content (AvgIpc) is 2.69. The molecule has 0 saturated carbocycles. The van der Waals surface area contributed by atoms with Crippen LogP contribution in [0.1, 0.15) is 40.5 Å². The monoisotopic (exact) mass is 273 g/mol. The molecule has 6 heteroatoms. The van der Waals surface area contributed by atoms with Gasteiger partial charge in [0.15, 0.2) is 5.60 Å². The van der Waals surface area contributed by atoms with E-state index in [1.54, 1.807) is 20.8 Å². The SMILES string of the molecule is CCCOC1(C(=O)O)CCN(C(=O)OC(C)(C)C)C1. The molecule has 1 amide bonds. The van der Waals surface area contributed by atoms with Gasteiger partial charge in [-0.3, -0.25) is 0 Å². The van der Waals surface area contributed by atoms with E-state index < -0.39 is 23.3 Å². The van der Waals surface area contributed by atoms with Crippen molar-refractivity contribution < 1.29 is 24.2 Å². The van der Waals surface area contributed by atoms with Gasteiger partial charge in [-0.2, -0.15) is 0 Å². The molecule has 1 N–H and O–H groups in total. The first-order valence-electron chi connectivity index (χ1n) is 6.55. The van der Waals surface area contributed by atoms with Gasteiger partial charge in [0.05, 0.1) is 6.54 Å². The topological polar surface area (TPSA) is 76.1 Å². The summed E-state index contributed by atoms with van der Waals surface area (Å²) >= 11 is 0. The van der Waals surface area contributed by atoms with Gasteiger partial charge in [-0.25, -0.2) is 9.59 Å². The molecule has 6 nitrogen and oxygen atoms in total. The van der Waals surface area contributed by atoms with Gasteiger partial charge >= 0.3 is 12.1 Å². The number of carbonyl (C=O) groups is 2. The summed E-state index contributed by atoms with van der Waals surface area (Å²) in [6.45, 7) is 7.99. The van der Waals surface area contributed by atoms with Crippen molar-refractivity contribution in [2.75, 3.05) is 19.7 Å². The zero-order valence-corrected chi connectivity index (χ0v) is 12.1. The lowest BCUT2D eigenvalue weighted by Crippen LogP contribution is -2.46. The van der Waals surface area contributed by atoms with E-state index in [4.69, 9.17) is 9.47 Å². The molecule has 0 aromatic heterocycles. The van der Waals surface area contributed by atoms with Gasteiger partial charge in [-0.05, 0) is 27.2 Å². The Morgan fingerprint density at radius 3 is 2.47 bits per heavy atom. The van der Waals surface area contributed by atoms with Crippen LogP contribution in [0, 0.1) is 0 Å². The van der Waals surface area contributed by atoms with E-state index in [1.807, 2.05) is 6.92 Å². The molecule has 1 heterocycles. The molecule has 0 aliphatic carbocycles. The molecule has 1 rings (SSSR count). The zero-order chi connectivity index (χ0) is 14.7. The summed E-state index contributed by atoms with van der Waals surface area (Å²) in [5, 5.41) is 9.32. The van der Waals surface area contributed by atoms with Crippen molar-refractivity contribution in [3.63, 3.8) is 0 Å². The van der Waals surface area contributed by atoms with Gasteiger partial charge in [0.2, 0.25) is 0 Å². The van der Waals surface area contributed by atoms with Crippen LogP contribution in [0.15, 0.2) is 0 Å².